The summed E-state index contributed by atoms with van der Waals surface area (Å²) in [4.78, 5) is 9.45. The first-order chi connectivity index (χ1) is 7.81. The molecule has 0 unspecified atom stereocenters. The Balaban J connectivity index is 2.31. The molecule has 0 bridgehead atoms. The summed E-state index contributed by atoms with van der Waals surface area (Å²) in [6.07, 6.45) is 2.36. The van der Waals surface area contributed by atoms with Gasteiger partial charge in [0, 0.05) is 10.5 Å². The Bertz CT molecular complexity index is 471. The van der Waals surface area contributed by atoms with E-state index in [0.717, 1.165) is 21.9 Å². The van der Waals surface area contributed by atoms with Gasteiger partial charge < -0.3 is 5.73 Å². The van der Waals surface area contributed by atoms with Crippen molar-refractivity contribution in [3.05, 3.63) is 42.2 Å². The summed E-state index contributed by atoms with van der Waals surface area (Å²) >= 11 is 1.62. The fourth-order valence-corrected chi connectivity index (χ4v) is 2.42. The molecular formula is C12H13N3S. The normalized spacial score (nSPS) is 10.3. The van der Waals surface area contributed by atoms with E-state index in [0.29, 0.717) is 5.82 Å². The minimum atomic E-state index is 0.580. The second kappa shape index (κ2) is 4.99. The van der Waals surface area contributed by atoms with Crippen LogP contribution in [-0.2, 0) is 6.42 Å². The van der Waals surface area contributed by atoms with E-state index in [1.165, 1.54) is 6.33 Å². The van der Waals surface area contributed by atoms with Crippen LogP contribution in [0.2, 0.25) is 0 Å². The molecule has 16 heavy (non-hydrogen) atoms. The van der Waals surface area contributed by atoms with Crippen LogP contribution in [0, 0.1) is 0 Å². The minimum absolute atomic E-state index is 0.580. The second-order valence-corrected chi connectivity index (χ2v) is 4.37. The zero-order chi connectivity index (χ0) is 11.4. The third-order valence-electron chi connectivity index (χ3n) is 2.25. The third-order valence-corrected chi connectivity index (χ3v) is 3.30. The molecule has 1 aromatic heterocycles. The van der Waals surface area contributed by atoms with Crippen LogP contribution in [0.3, 0.4) is 0 Å². The van der Waals surface area contributed by atoms with Crippen molar-refractivity contribution in [2.45, 2.75) is 23.3 Å². The zero-order valence-electron chi connectivity index (χ0n) is 9.05. The molecule has 3 nitrogen and oxygen atoms in total. The summed E-state index contributed by atoms with van der Waals surface area (Å²) in [6, 6.07) is 10.1. The largest absolute Gasteiger partial charge is 0.383 e. The number of hydrogen-bond acceptors (Lipinski definition) is 4. The Labute approximate surface area is 99.1 Å². The highest BCUT2D eigenvalue weighted by atomic mass is 32.2. The maximum atomic E-state index is 5.82. The molecule has 2 rings (SSSR count). The maximum Gasteiger partial charge on any atom is 0.131 e. The molecule has 0 saturated heterocycles. The lowest BCUT2D eigenvalue weighted by Crippen LogP contribution is -2.00. The van der Waals surface area contributed by atoms with E-state index in [9.17, 15) is 0 Å². The molecule has 1 aromatic carbocycles. The number of benzene rings is 1. The molecule has 0 aliphatic heterocycles. The molecule has 0 saturated carbocycles. The van der Waals surface area contributed by atoms with Crippen molar-refractivity contribution >= 4 is 17.6 Å². The van der Waals surface area contributed by atoms with Crippen LogP contribution < -0.4 is 5.73 Å². The summed E-state index contributed by atoms with van der Waals surface area (Å²) in [5, 5.41) is 0.946. The molecule has 0 spiro atoms. The van der Waals surface area contributed by atoms with Crippen molar-refractivity contribution in [1.29, 1.82) is 0 Å². The van der Waals surface area contributed by atoms with Gasteiger partial charge in [-0.1, -0.05) is 36.9 Å². The van der Waals surface area contributed by atoms with Gasteiger partial charge in [-0.25, -0.2) is 9.97 Å². The van der Waals surface area contributed by atoms with E-state index < -0.39 is 0 Å². The average Bonchev–Trinajstić information content (AvgIpc) is 2.31. The van der Waals surface area contributed by atoms with E-state index in [2.05, 4.69) is 29.0 Å². The molecule has 4 heteroatoms. The van der Waals surface area contributed by atoms with Crippen molar-refractivity contribution in [1.82, 2.24) is 9.97 Å². The maximum absolute atomic E-state index is 5.82. The van der Waals surface area contributed by atoms with Crippen molar-refractivity contribution in [3.63, 3.8) is 0 Å². The second-order valence-electron chi connectivity index (χ2n) is 3.31. The Hall–Kier alpha value is -1.55. The molecular weight excluding hydrogens is 218 g/mol. The molecule has 2 N–H and O–H groups in total. The van der Waals surface area contributed by atoms with Crippen LogP contribution in [-0.4, -0.2) is 9.97 Å². The monoisotopic (exact) mass is 231 g/mol. The van der Waals surface area contributed by atoms with Crippen LogP contribution in [0.25, 0.3) is 0 Å². The van der Waals surface area contributed by atoms with Gasteiger partial charge >= 0.3 is 0 Å². The van der Waals surface area contributed by atoms with Gasteiger partial charge in [-0.15, -0.1) is 0 Å². The Morgan fingerprint density at radius 3 is 2.62 bits per heavy atom. The average molecular weight is 231 g/mol. The predicted molar refractivity (Wildman–Crippen MR) is 66.4 cm³/mol. The fourth-order valence-electron chi connectivity index (χ4n) is 1.43. The van der Waals surface area contributed by atoms with Crippen molar-refractivity contribution in [2.24, 2.45) is 0 Å². The van der Waals surface area contributed by atoms with Crippen LogP contribution in [0.4, 0.5) is 5.82 Å². The summed E-state index contributed by atoms with van der Waals surface area (Å²) in [5.74, 6) is 0.580. The molecule has 2 aromatic rings. The van der Waals surface area contributed by atoms with Crippen molar-refractivity contribution in [3.8, 4) is 0 Å². The van der Waals surface area contributed by atoms with Crippen LogP contribution in [0.1, 0.15) is 12.5 Å². The summed E-state index contributed by atoms with van der Waals surface area (Å²) in [5.41, 5.74) is 6.85. The molecule has 0 atom stereocenters. The molecule has 0 radical (unpaired) electrons. The minimum Gasteiger partial charge on any atom is -0.383 e. The first-order valence-electron chi connectivity index (χ1n) is 5.13. The topological polar surface area (TPSA) is 51.8 Å². The summed E-state index contributed by atoms with van der Waals surface area (Å²) < 4.78 is 0. The Kier molecular flexibility index (Phi) is 3.41. The summed E-state index contributed by atoms with van der Waals surface area (Å²) in [7, 11) is 0. The Morgan fingerprint density at radius 1 is 1.19 bits per heavy atom. The number of anilines is 1. The molecule has 82 valence electrons. The van der Waals surface area contributed by atoms with Gasteiger partial charge in [0.05, 0.1) is 0 Å². The lowest BCUT2D eigenvalue weighted by Gasteiger charge is -2.07. The highest BCUT2D eigenvalue weighted by Gasteiger charge is 2.08. The van der Waals surface area contributed by atoms with Crippen molar-refractivity contribution in [2.75, 3.05) is 5.73 Å². The quantitative estimate of drug-likeness (QED) is 0.825. The number of rotatable bonds is 3. The van der Waals surface area contributed by atoms with Crippen LogP contribution >= 0.6 is 11.8 Å². The SMILES string of the molecule is CCc1c(N)ncnc1Sc1ccccc1. The number of nitrogen functional groups attached to an aromatic ring is 1. The van der Waals surface area contributed by atoms with Gasteiger partial charge in [0.25, 0.3) is 0 Å². The standard InChI is InChI=1S/C12H13N3S/c1-2-10-11(13)14-8-15-12(10)16-9-6-4-3-5-7-9/h3-8H,2H2,1H3,(H2,13,14,15). The third kappa shape index (κ3) is 2.33. The number of aromatic nitrogens is 2. The van der Waals surface area contributed by atoms with Crippen molar-refractivity contribution < 1.29 is 0 Å². The first kappa shape index (κ1) is 11.0. The van der Waals surface area contributed by atoms with E-state index >= 15 is 0 Å². The smallest absolute Gasteiger partial charge is 0.131 e. The fraction of sp³-hybridized carbons (Fsp3) is 0.167. The van der Waals surface area contributed by atoms with Gasteiger partial charge in [0.1, 0.15) is 17.2 Å². The highest BCUT2D eigenvalue weighted by Crippen LogP contribution is 2.30. The molecule has 1 heterocycles. The molecule has 0 fully saturated rings. The molecule has 0 amide bonds. The number of hydrogen-bond donors (Lipinski definition) is 1. The van der Waals surface area contributed by atoms with E-state index in [-0.39, 0.29) is 0 Å². The number of nitrogens with two attached hydrogens (primary N) is 1. The Morgan fingerprint density at radius 2 is 1.94 bits per heavy atom. The zero-order valence-corrected chi connectivity index (χ0v) is 9.87. The van der Waals surface area contributed by atoms with Crippen LogP contribution in [0.5, 0.6) is 0 Å². The highest BCUT2D eigenvalue weighted by molar-refractivity contribution is 7.99. The predicted octanol–water partition coefficient (Wildman–Crippen LogP) is 2.77. The van der Waals surface area contributed by atoms with Gasteiger partial charge in [0.2, 0.25) is 0 Å². The van der Waals surface area contributed by atoms with E-state index in [1.54, 1.807) is 11.8 Å². The van der Waals surface area contributed by atoms with Gasteiger partial charge in [-0.3, -0.25) is 0 Å². The molecule has 0 aliphatic rings. The summed E-state index contributed by atoms with van der Waals surface area (Å²) in [6.45, 7) is 2.06. The van der Waals surface area contributed by atoms with Gasteiger partial charge in [-0.05, 0) is 18.6 Å². The van der Waals surface area contributed by atoms with Gasteiger partial charge in [0.15, 0.2) is 0 Å². The van der Waals surface area contributed by atoms with Crippen LogP contribution in [0.15, 0.2) is 46.6 Å². The van der Waals surface area contributed by atoms with E-state index in [4.69, 9.17) is 5.73 Å². The van der Waals surface area contributed by atoms with E-state index in [1.807, 2.05) is 18.2 Å². The first-order valence-corrected chi connectivity index (χ1v) is 5.95. The lowest BCUT2D eigenvalue weighted by molar-refractivity contribution is 0.953. The number of nitrogens with zero attached hydrogens (tertiary/aromatic N) is 2. The molecule has 0 aliphatic carbocycles. The van der Waals surface area contributed by atoms with Gasteiger partial charge in [-0.2, -0.15) is 0 Å². The lowest BCUT2D eigenvalue weighted by atomic mass is 10.2.